The number of rotatable bonds is 8. The zero-order chi connectivity index (χ0) is 20.7. The molecular formula is C25H24F2O2. The van der Waals surface area contributed by atoms with Gasteiger partial charge in [-0.05, 0) is 47.5 Å². The van der Waals surface area contributed by atoms with Crippen LogP contribution >= 0.6 is 0 Å². The fourth-order valence-corrected chi connectivity index (χ4v) is 2.74. The molecule has 3 aromatic rings. The van der Waals surface area contributed by atoms with Gasteiger partial charge in [0.15, 0.2) is 11.6 Å². The highest BCUT2D eigenvalue weighted by Gasteiger charge is 2.14. The molecule has 0 saturated carbocycles. The van der Waals surface area contributed by atoms with Crippen LogP contribution in [-0.2, 0) is 11.3 Å². The Morgan fingerprint density at radius 3 is 2.34 bits per heavy atom. The van der Waals surface area contributed by atoms with Gasteiger partial charge in [-0.15, -0.1) is 0 Å². The number of halogens is 2. The molecule has 0 amide bonds. The topological polar surface area (TPSA) is 18.5 Å². The largest absolute Gasteiger partial charge is 0.457 e. The van der Waals surface area contributed by atoms with Gasteiger partial charge in [-0.25, -0.2) is 8.78 Å². The SMILES string of the molecule is CC(C)(/C=C/c1ccc(F)c(F)c1)COCc1cccc(Oc2ccccc2)c1. The van der Waals surface area contributed by atoms with Crippen molar-refractivity contribution in [1.82, 2.24) is 0 Å². The van der Waals surface area contributed by atoms with E-state index in [0.717, 1.165) is 23.1 Å². The molecule has 4 heteroatoms. The summed E-state index contributed by atoms with van der Waals surface area (Å²) in [5.41, 5.74) is 1.37. The Morgan fingerprint density at radius 2 is 1.59 bits per heavy atom. The second-order valence-electron chi connectivity index (χ2n) is 7.55. The van der Waals surface area contributed by atoms with Crippen LogP contribution in [0.25, 0.3) is 6.08 Å². The molecule has 0 saturated heterocycles. The van der Waals surface area contributed by atoms with Crippen molar-refractivity contribution in [3.8, 4) is 11.5 Å². The first-order chi connectivity index (χ1) is 13.9. The standard InChI is InChI=1S/C25H24F2O2/c1-25(2,14-13-19-11-12-23(26)24(27)16-19)18-28-17-20-7-6-10-22(15-20)29-21-8-4-3-5-9-21/h3-16H,17-18H2,1-2H3/b14-13+. The van der Waals surface area contributed by atoms with E-state index in [9.17, 15) is 8.78 Å². The maximum absolute atomic E-state index is 13.3. The molecule has 0 aliphatic carbocycles. The van der Waals surface area contributed by atoms with Crippen LogP contribution in [0, 0.1) is 17.0 Å². The minimum Gasteiger partial charge on any atom is -0.457 e. The lowest BCUT2D eigenvalue weighted by Crippen LogP contribution is -2.16. The van der Waals surface area contributed by atoms with E-state index in [1.807, 2.05) is 74.5 Å². The van der Waals surface area contributed by atoms with Crippen LogP contribution in [0.1, 0.15) is 25.0 Å². The molecule has 3 rings (SSSR count). The lowest BCUT2D eigenvalue weighted by molar-refractivity contribution is 0.0719. The summed E-state index contributed by atoms with van der Waals surface area (Å²) in [4.78, 5) is 0. The molecule has 0 heterocycles. The first kappa shape index (κ1) is 20.7. The zero-order valence-corrected chi connectivity index (χ0v) is 16.6. The summed E-state index contributed by atoms with van der Waals surface area (Å²) >= 11 is 0. The average Bonchev–Trinajstić information content (AvgIpc) is 2.70. The van der Waals surface area contributed by atoms with Crippen LogP contribution in [0.3, 0.4) is 0 Å². The highest BCUT2D eigenvalue weighted by molar-refractivity contribution is 5.50. The normalized spacial score (nSPS) is 11.7. The number of ether oxygens (including phenoxy) is 2. The summed E-state index contributed by atoms with van der Waals surface area (Å²) in [6.45, 7) is 4.99. The summed E-state index contributed by atoms with van der Waals surface area (Å²) in [5, 5.41) is 0. The van der Waals surface area contributed by atoms with Crippen LogP contribution < -0.4 is 4.74 Å². The fraction of sp³-hybridized carbons (Fsp3) is 0.200. The Morgan fingerprint density at radius 1 is 0.828 bits per heavy atom. The first-order valence-corrected chi connectivity index (χ1v) is 9.45. The maximum atomic E-state index is 13.3. The Kier molecular flexibility index (Phi) is 6.78. The Labute approximate surface area is 170 Å². The van der Waals surface area contributed by atoms with E-state index in [4.69, 9.17) is 9.47 Å². The second kappa shape index (κ2) is 9.48. The van der Waals surface area contributed by atoms with Crippen LogP contribution in [0.5, 0.6) is 11.5 Å². The summed E-state index contributed by atoms with van der Waals surface area (Å²) in [6.07, 6.45) is 3.72. The summed E-state index contributed by atoms with van der Waals surface area (Å²) in [7, 11) is 0. The van der Waals surface area contributed by atoms with Gasteiger partial charge in [-0.3, -0.25) is 0 Å². The van der Waals surface area contributed by atoms with Crippen molar-refractivity contribution >= 4 is 6.08 Å². The van der Waals surface area contributed by atoms with Crippen LogP contribution in [0.2, 0.25) is 0 Å². The van der Waals surface area contributed by atoms with Crippen molar-refractivity contribution < 1.29 is 18.3 Å². The smallest absolute Gasteiger partial charge is 0.159 e. The van der Waals surface area contributed by atoms with Crippen molar-refractivity contribution in [1.29, 1.82) is 0 Å². The molecule has 29 heavy (non-hydrogen) atoms. The number of hydrogen-bond donors (Lipinski definition) is 0. The van der Waals surface area contributed by atoms with E-state index in [1.165, 1.54) is 6.07 Å². The molecule has 0 fully saturated rings. The zero-order valence-electron chi connectivity index (χ0n) is 16.6. The molecule has 3 aromatic carbocycles. The summed E-state index contributed by atoms with van der Waals surface area (Å²) in [6, 6.07) is 21.3. The molecule has 0 aromatic heterocycles. The molecule has 150 valence electrons. The Bertz CT molecular complexity index is 966. The predicted molar refractivity (Wildman–Crippen MR) is 112 cm³/mol. The molecule has 0 aliphatic heterocycles. The van der Waals surface area contributed by atoms with Crippen molar-refractivity contribution in [2.75, 3.05) is 6.61 Å². The minimum absolute atomic E-state index is 0.261. The van der Waals surface area contributed by atoms with E-state index in [-0.39, 0.29) is 5.41 Å². The third-order valence-electron chi connectivity index (χ3n) is 4.29. The van der Waals surface area contributed by atoms with Gasteiger partial charge >= 0.3 is 0 Å². The highest BCUT2D eigenvalue weighted by Crippen LogP contribution is 2.24. The Hall–Kier alpha value is -2.98. The third-order valence-corrected chi connectivity index (χ3v) is 4.29. The van der Waals surface area contributed by atoms with Gasteiger partial charge in [0.2, 0.25) is 0 Å². The summed E-state index contributed by atoms with van der Waals surface area (Å²) in [5.74, 6) is -0.147. The molecule has 0 unspecified atom stereocenters. The lowest BCUT2D eigenvalue weighted by Gasteiger charge is -2.20. The van der Waals surface area contributed by atoms with E-state index < -0.39 is 11.6 Å². The Balaban J connectivity index is 1.53. The molecule has 0 N–H and O–H groups in total. The van der Waals surface area contributed by atoms with Crippen molar-refractivity contribution in [2.45, 2.75) is 20.5 Å². The van der Waals surface area contributed by atoms with Crippen molar-refractivity contribution in [3.63, 3.8) is 0 Å². The van der Waals surface area contributed by atoms with Gasteiger partial charge in [-0.2, -0.15) is 0 Å². The molecule has 0 radical (unpaired) electrons. The quantitative estimate of drug-likeness (QED) is 0.409. The van der Waals surface area contributed by atoms with E-state index in [0.29, 0.717) is 18.8 Å². The second-order valence-corrected chi connectivity index (χ2v) is 7.55. The number of hydrogen-bond acceptors (Lipinski definition) is 2. The van der Waals surface area contributed by atoms with E-state index >= 15 is 0 Å². The third kappa shape index (κ3) is 6.54. The van der Waals surface area contributed by atoms with Gasteiger partial charge in [0.05, 0.1) is 13.2 Å². The van der Waals surface area contributed by atoms with Gasteiger partial charge in [0.25, 0.3) is 0 Å². The number of benzene rings is 3. The molecule has 2 nitrogen and oxygen atoms in total. The van der Waals surface area contributed by atoms with Crippen LogP contribution in [0.4, 0.5) is 8.78 Å². The van der Waals surface area contributed by atoms with Crippen molar-refractivity contribution in [3.05, 3.63) is 102 Å². The highest BCUT2D eigenvalue weighted by atomic mass is 19.2. The van der Waals surface area contributed by atoms with Gasteiger partial charge < -0.3 is 9.47 Å². The van der Waals surface area contributed by atoms with Gasteiger partial charge in [0.1, 0.15) is 11.5 Å². The average molecular weight is 394 g/mol. The number of para-hydroxylation sites is 1. The minimum atomic E-state index is -0.848. The molecule has 0 bridgehead atoms. The van der Waals surface area contributed by atoms with E-state index in [1.54, 1.807) is 12.1 Å². The van der Waals surface area contributed by atoms with Gasteiger partial charge in [0, 0.05) is 5.41 Å². The maximum Gasteiger partial charge on any atom is 0.159 e. The summed E-state index contributed by atoms with van der Waals surface area (Å²) < 4.78 is 38.1. The van der Waals surface area contributed by atoms with Crippen molar-refractivity contribution in [2.24, 2.45) is 5.41 Å². The lowest BCUT2D eigenvalue weighted by atomic mass is 9.93. The monoisotopic (exact) mass is 394 g/mol. The molecular weight excluding hydrogens is 370 g/mol. The fourth-order valence-electron chi connectivity index (χ4n) is 2.74. The molecule has 0 atom stereocenters. The van der Waals surface area contributed by atoms with E-state index in [2.05, 4.69) is 0 Å². The first-order valence-electron chi connectivity index (χ1n) is 9.45. The molecule has 0 spiro atoms. The predicted octanol–water partition coefficient (Wildman–Crippen LogP) is 7.01. The van der Waals surface area contributed by atoms with Crippen LogP contribution in [-0.4, -0.2) is 6.61 Å². The van der Waals surface area contributed by atoms with Gasteiger partial charge in [-0.1, -0.05) is 62.4 Å². The van der Waals surface area contributed by atoms with Crippen LogP contribution in [0.15, 0.2) is 78.9 Å². The molecule has 0 aliphatic rings.